The molecule has 2 amide bonds. The predicted molar refractivity (Wildman–Crippen MR) is 182 cm³/mol. The summed E-state index contributed by atoms with van der Waals surface area (Å²) >= 11 is 1.56. The van der Waals surface area contributed by atoms with E-state index in [4.69, 9.17) is 14.2 Å². The molecular weight excluding hydrogens is 632 g/mol. The van der Waals surface area contributed by atoms with Gasteiger partial charge in [-0.3, -0.25) is 0 Å². The molecule has 1 aliphatic rings. The minimum atomic E-state index is -0.976. The predicted octanol–water partition coefficient (Wildman–Crippen LogP) is 6.37. The highest BCUT2D eigenvalue weighted by atomic mass is 32.2. The maximum absolute atomic E-state index is 13.0. The molecule has 4 N–H and O–H groups in total. The van der Waals surface area contributed by atoms with E-state index in [1.54, 1.807) is 54.2 Å². The number of rotatable bonds is 12. The Kier molecular flexibility index (Phi) is 11.9. The summed E-state index contributed by atoms with van der Waals surface area (Å²) in [6.45, 7) is 2.00. The number of amides is 2. The summed E-state index contributed by atoms with van der Waals surface area (Å²) < 4.78 is 18.0. The third kappa shape index (κ3) is 9.02. The molecule has 250 valence electrons. The Hall–Kier alpha value is -4.68. The number of methoxy groups -OCH3 is 1. The first-order chi connectivity index (χ1) is 23.2. The molecule has 0 aromatic heterocycles. The number of carboxylic acids is 1. The molecule has 5 rings (SSSR count). The fraction of sp³-hybridized carbons (Fsp3) is 0.270. The van der Waals surface area contributed by atoms with Crippen molar-refractivity contribution in [2.24, 2.45) is 5.92 Å². The minimum absolute atomic E-state index is 0.0565. The van der Waals surface area contributed by atoms with Crippen molar-refractivity contribution in [2.45, 2.75) is 49.4 Å². The van der Waals surface area contributed by atoms with Crippen molar-refractivity contribution in [3.63, 3.8) is 0 Å². The van der Waals surface area contributed by atoms with Crippen LogP contribution in [0.4, 0.5) is 10.5 Å². The molecule has 0 spiro atoms. The molecule has 0 radical (unpaired) electrons. The zero-order chi connectivity index (χ0) is 34.0. The average molecular weight is 671 g/mol. The van der Waals surface area contributed by atoms with Gasteiger partial charge < -0.3 is 35.1 Å². The summed E-state index contributed by atoms with van der Waals surface area (Å²) in [7, 11) is 1.28. The number of urea groups is 1. The van der Waals surface area contributed by atoms with Crippen LogP contribution in [0.5, 0.6) is 0 Å². The Morgan fingerprint density at radius 1 is 0.875 bits per heavy atom. The first-order valence-electron chi connectivity index (χ1n) is 15.5. The topological polar surface area (TPSA) is 143 Å². The van der Waals surface area contributed by atoms with Gasteiger partial charge in [0.05, 0.1) is 31.5 Å². The maximum Gasteiger partial charge on any atom is 0.335 e. The van der Waals surface area contributed by atoms with E-state index >= 15 is 0 Å². The Morgan fingerprint density at radius 2 is 1.60 bits per heavy atom. The number of aliphatic hydroxyl groups is 1. The van der Waals surface area contributed by atoms with Crippen LogP contribution in [-0.4, -0.2) is 53.2 Å². The molecule has 0 aliphatic carbocycles. The van der Waals surface area contributed by atoms with E-state index in [1.165, 1.54) is 7.11 Å². The van der Waals surface area contributed by atoms with Crippen molar-refractivity contribution in [3.05, 3.63) is 131 Å². The molecule has 4 aromatic carbocycles. The number of ether oxygens (including phenoxy) is 3. The van der Waals surface area contributed by atoms with Gasteiger partial charge in [-0.25, -0.2) is 14.4 Å². The summed E-state index contributed by atoms with van der Waals surface area (Å²) in [6, 6.07) is 29.4. The van der Waals surface area contributed by atoms with Crippen molar-refractivity contribution in [2.75, 3.05) is 18.2 Å². The molecule has 4 aromatic rings. The Bertz CT molecular complexity index is 1680. The van der Waals surface area contributed by atoms with Gasteiger partial charge in [-0.05, 0) is 53.1 Å². The minimum Gasteiger partial charge on any atom is -0.478 e. The fourth-order valence-electron chi connectivity index (χ4n) is 5.46. The summed E-state index contributed by atoms with van der Waals surface area (Å²) in [5.41, 5.74) is 4.00. The molecule has 1 fully saturated rings. The van der Waals surface area contributed by atoms with Gasteiger partial charge >= 0.3 is 18.0 Å². The number of nitrogens with one attached hydrogen (secondary N) is 2. The number of aliphatic hydroxyl groups excluding tert-OH is 1. The number of esters is 1. The number of carboxylic acid groups (broad SMARTS) is 1. The van der Waals surface area contributed by atoms with Crippen LogP contribution < -0.4 is 10.6 Å². The van der Waals surface area contributed by atoms with Crippen molar-refractivity contribution in [1.82, 2.24) is 5.32 Å². The van der Waals surface area contributed by atoms with Crippen LogP contribution in [0, 0.1) is 5.92 Å². The lowest BCUT2D eigenvalue weighted by atomic mass is 9.91. The molecule has 11 heteroatoms. The first-order valence-corrected chi connectivity index (χ1v) is 16.5. The van der Waals surface area contributed by atoms with Crippen LogP contribution in [-0.2, 0) is 32.0 Å². The number of hydrogen-bond donors (Lipinski definition) is 4. The highest BCUT2D eigenvalue weighted by Crippen LogP contribution is 2.43. The molecule has 10 nitrogen and oxygen atoms in total. The van der Waals surface area contributed by atoms with Crippen molar-refractivity contribution in [3.8, 4) is 0 Å². The lowest BCUT2D eigenvalue weighted by Crippen LogP contribution is -2.45. The fourth-order valence-corrected chi connectivity index (χ4v) is 6.52. The van der Waals surface area contributed by atoms with E-state index in [9.17, 15) is 24.6 Å². The SMILES string of the molecule is COC(=O)[C@H](Cc1ccccc1)NC(=O)Nc1cccc([C@H]2O[C@@H](CSc3ccc(C(=O)O)cc3)[C@@H](C)[C@@H](c3ccc(CO)cc3)O2)c1. The molecule has 0 bridgehead atoms. The lowest BCUT2D eigenvalue weighted by Gasteiger charge is -2.41. The number of carbonyl (C=O) groups excluding carboxylic acids is 2. The zero-order valence-electron chi connectivity index (χ0n) is 26.6. The number of carbonyl (C=O) groups is 3. The van der Waals surface area contributed by atoms with Crippen LogP contribution in [0.3, 0.4) is 0 Å². The second-order valence-electron chi connectivity index (χ2n) is 11.5. The molecule has 0 unspecified atom stereocenters. The quantitative estimate of drug-likeness (QED) is 0.0999. The Morgan fingerprint density at radius 3 is 2.27 bits per heavy atom. The van der Waals surface area contributed by atoms with Gasteiger partial charge in [-0.1, -0.05) is 73.7 Å². The summed E-state index contributed by atoms with van der Waals surface area (Å²) in [5.74, 6) is -1.01. The summed E-state index contributed by atoms with van der Waals surface area (Å²) in [5, 5.41) is 24.3. The normalized spacial score (nSPS) is 19.6. The number of thioether (sulfide) groups is 1. The Balaban J connectivity index is 1.32. The second kappa shape index (κ2) is 16.4. The van der Waals surface area contributed by atoms with Gasteiger partial charge in [0.25, 0.3) is 0 Å². The Labute approximate surface area is 283 Å². The van der Waals surface area contributed by atoms with E-state index in [0.29, 0.717) is 17.0 Å². The molecule has 1 aliphatic heterocycles. The van der Waals surface area contributed by atoms with Gasteiger partial charge in [0.15, 0.2) is 6.29 Å². The van der Waals surface area contributed by atoms with Crippen molar-refractivity contribution >= 4 is 35.4 Å². The lowest BCUT2D eigenvalue weighted by molar-refractivity contribution is -0.268. The monoisotopic (exact) mass is 670 g/mol. The van der Waals surface area contributed by atoms with E-state index in [1.807, 2.05) is 60.7 Å². The smallest absolute Gasteiger partial charge is 0.335 e. The van der Waals surface area contributed by atoms with Gasteiger partial charge in [-0.2, -0.15) is 0 Å². The van der Waals surface area contributed by atoms with E-state index in [2.05, 4.69) is 17.6 Å². The standard InChI is InChI=1S/C37H38N2O8S/c1-23-32(22-48-30-17-15-27(16-18-30)34(41)42)46-36(47-33(23)26-13-11-25(21-40)12-14-26)28-9-6-10-29(20-28)38-37(44)39-31(35(43)45-2)19-24-7-4-3-5-8-24/h3-18,20,23,31-33,36,40H,19,21-22H2,1-2H3,(H,41,42)(H2,38,39,44)/t23-,31+,32+,33+,36+/m1/s1. The molecule has 1 saturated heterocycles. The van der Waals surface area contributed by atoms with Crippen molar-refractivity contribution in [1.29, 1.82) is 0 Å². The highest BCUT2D eigenvalue weighted by Gasteiger charge is 2.38. The van der Waals surface area contributed by atoms with E-state index in [0.717, 1.165) is 21.6 Å². The summed E-state index contributed by atoms with van der Waals surface area (Å²) in [4.78, 5) is 37.7. The summed E-state index contributed by atoms with van der Waals surface area (Å²) in [6.07, 6.45) is -1.09. The van der Waals surface area contributed by atoms with Gasteiger partial charge in [-0.15, -0.1) is 11.8 Å². The molecular formula is C37H38N2O8S. The first kappa shape index (κ1) is 34.6. The molecule has 5 atom stereocenters. The molecule has 0 saturated carbocycles. The van der Waals surface area contributed by atoms with Gasteiger partial charge in [0.1, 0.15) is 6.04 Å². The second-order valence-corrected chi connectivity index (χ2v) is 12.5. The molecule has 48 heavy (non-hydrogen) atoms. The number of benzene rings is 4. The number of anilines is 1. The van der Waals surface area contributed by atoms with E-state index < -0.39 is 30.3 Å². The highest BCUT2D eigenvalue weighted by molar-refractivity contribution is 7.99. The molecule has 1 heterocycles. The maximum atomic E-state index is 13.0. The van der Waals surface area contributed by atoms with Crippen LogP contribution >= 0.6 is 11.8 Å². The van der Waals surface area contributed by atoms with E-state index in [-0.39, 0.29) is 36.7 Å². The van der Waals surface area contributed by atoms with Crippen LogP contribution in [0.1, 0.15) is 51.9 Å². The number of aromatic carboxylic acids is 1. The third-order valence-corrected chi connectivity index (χ3v) is 9.23. The van der Waals surface area contributed by atoms with Crippen LogP contribution in [0.25, 0.3) is 0 Å². The largest absolute Gasteiger partial charge is 0.478 e. The van der Waals surface area contributed by atoms with Gasteiger partial charge in [0, 0.05) is 34.2 Å². The van der Waals surface area contributed by atoms with Crippen LogP contribution in [0.15, 0.2) is 108 Å². The average Bonchev–Trinajstić information content (AvgIpc) is 3.11. The van der Waals surface area contributed by atoms with Crippen molar-refractivity contribution < 1.29 is 38.8 Å². The number of hydrogen-bond acceptors (Lipinski definition) is 8. The van der Waals surface area contributed by atoms with Crippen LogP contribution in [0.2, 0.25) is 0 Å². The third-order valence-electron chi connectivity index (χ3n) is 8.13. The zero-order valence-corrected chi connectivity index (χ0v) is 27.4. The van der Waals surface area contributed by atoms with Gasteiger partial charge in [0.2, 0.25) is 0 Å².